The van der Waals surface area contributed by atoms with E-state index >= 15 is 0 Å². The van der Waals surface area contributed by atoms with Crippen LogP contribution >= 0.6 is 0 Å². The van der Waals surface area contributed by atoms with Crippen LogP contribution in [0.1, 0.15) is 51.4 Å². The average Bonchev–Trinajstić information content (AvgIpc) is 3.02. The second kappa shape index (κ2) is 9.89. The minimum atomic E-state index is -0.296. The Morgan fingerprint density at radius 2 is 1.96 bits per heavy atom. The molecule has 0 aliphatic heterocycles. The number of carbonyl (C=O) groups excluding carboxylic acids is 1. The van der Waals surface area contributed by atoms with E-state index in [0.717, 1.165) is 24.8 Å². The number of hydrogen-bond acceptors (Lipinski definition) is 5. The number of halogens is 1. The molecule has 6 nitrogen and oxygen atoms in total. The molecular weight excluding hydrogens is 337 g/mol. The molecule has 1 N–H and O–H groups in total. The molecule has 142 valence electrons. The molecule has 1 aromatic carbocycles. The summed E-state index contributed by atoms with van der Waals surface area (Å²) in [5.41, 5.74) is 0.853. The molecule has 0 aliphatic carbocycles. The van der Waals surface area contributed by atoms with Crippen molar-refractivity contribution in [1.82, 2.24) is 15.5 Å². The van der Waals surface area contributed by atoms with Gasteiger partial charge in [0.05, 0.1) is 0 Å². The Hall–Kier alpha value is -2.44. The van der Waals surface area contributed by atoms with Gasteiger partial charge in [-0.1, -0.05) is 44.0 Å². The predicted molar refractivity (Wildman–Crippen MR) is 95.3 cm³/mol. The van der Waals surface area contributed by atoms with Crippen molar-refractivity contribution in [3.05, 3.63) is 41.5 Å². The number of nitrogens with zero attached hydrogens (tertiary/aromatic N) is 2. The molecule has 7 heteroatoms. The third kappa shape index (κ3) is 7.21. The Morgan fingerprint density at radius 3 is 2.65 bits per heavy atom. The second-order valence-corrected chi connectivity index (χ2v) is 6.86. The molecule has 0 bridgehead atoms. The number of rotatable bonds is 10. The van der Waals surface area contributed by atoms with E-state index in [1.54, 1.807) is 12.1 Å². The highest BCUT2D eigenvalue weighted by atomic mass is 19.1. The average molecular weight is 363 g/mol. The number of aromatic nitrogens is 2. The summed E-state index contributed by atoms with van der Waals surface area (Å²) < 4.78 is 23.1. The molecule has 1 unspecified atom stereocenters. The highest BCUT2D eigenvalue weighted by Crippen LogP contribution is 2.12. The van der Waals surface area contributed by atoms with Gasteiger partial charge < -0.3 is 10.1 Å². The summed E-state index contributed by atoms with van der Waals surface area (Å²) in [5, 5.41) is 6.68. The summed E-state index contributed by atoms with van der Waals surface area (Å²) in [5.74, 6) is 0.563. The summed E-state index contributed by atoms with van der Waals surface area (Å²) in [6, 6.07) is 6.15. The van der Waals surface area contributed by atoms with Crippen molar-refractivity contribution in [3.63, 3.8) is 0 Å². The van der Waals surface area contributed by atoms with E-state index in [1.165, 1.54) is 12.1 Å². The number of ether oxygens (including phenoxy) is 1. The normalized spacial score (nSPS) is 12.2. The van der Waals surface area contributed by atoms with Gasteiger partial charge in [0.1, 0.15) is 5.82 Å². The molecule has 0 fully saturated rings. The molecule has 2 rings (SSSR count). The summed E-state index contributed by atoms with van der Waals surface area (Å²) >= 11 is 0. The Labute approximate surface area is 153 Å². The first-order valence-electron chi connectivity index (χ1n) is 8.91. The highest BCUT2D eigenvalue weighted by Gasteiger charge is 2.12. The molecule has 1 atom stereocenters. The van der Waals surface area contributed by atoms with Crippen LogP contribution in [0, 0.1) is 11.7 Å². The summed E-state index contributed by atoms with van der Waals surface area (Å²) in [7, 11) is 0. The lowest BCUT2D eigenvalue weighted by molar-refractivity contribution is -0.124. The van der Waals surface area contributed by atoms with Crippen molar-refractivity contribution in [3.8, 4) is 6.08 Å². The first kappa shape index (κ1) is 19.9. The van der Waals surface area contributed by atoms with E-state index in [0.29, 0.717) is 18.2 Å². The van der Waals surface area contributed by atoms with E-state index in [1.807, 2.05) is 6.92 Å². The first-order valence-corrected chi connectivity index (χ1v) is 8.91. The fourth-order valence-corrected chi connectivity index (χ4v) is 2.50. The molecule has 0 spiro atoms. The van der Waals surface area contributed by atoms with Crippen molar-refractivity contribution in [2.24, 2.45) is 5.92 Å². The minimum Gasteiger partial charge on any atom is -0.439 e. The van der Waals surface area contributed by atoms with Crippen molar-refractivity contribution in [1.29, 1.82) is 0 Å². The van der Waals surface area contributed by atoms with E-state index in [2.05, 4.69) is 29.3 Å². The lowest BCUT2D eigenvalue weighted by Gasteiger charge is -2.14. The summed E-state index contributed by atoms with van der Waals surface area (Å²) in [4.78, 5) is 16.0. The van der Waals surface area contributed by atoms with Crippen LogP contribution in [0.5, 0.6) is 6.08 Å². The third-order valence-electron chi connectivity index (χ3n) is 3.88. The standard InChI is InChI=1S/C19H26FN3O3/c1-13(2)5-4-6-14(3)21-18(24)12-25-19-22-17(23-26-19)11-15-7-9-16(20)10-8-15/h7-10,13-14H,4-6,11-12H2,1-3H3,(H,21,24). The zero-order valence-electron chi connectivity index (χ0n) is 15.5. The predicted octanol–water partition coefficient (Wildman–Crippen LogP) is 3.51. The molecule has 0 saturated carbocycles. The first-order chi connectivity index (χ1) is 12.4. The van der Waals surface area contributed by atoms with Gasteiger partial charge in [0, 0.05) is 12.5 Å². The Bertz CT molecular complexity index is 686. The number of amides is 1. The number of nitrogens with one attached hydrogen (secondary N) is 1. The van der Waals surface area contributed by atoms with Crippen LogP contribution < -0.4 is 10.1 Å². The number of carbonyl (C=O) groups is 1. The maximum absolute atomic E-state index is 12.9. The lowest BCUT2D eigenvalue weighted by Crippen LogP contribution is -2.36. The van der Waals surface area contributed by atoms with Gasteiger partial charge in [0.15, 0.2) is 12.4 Å². The van der Waals surface area contributed by atoms with Crippen LogP contribution in [-0.2, 0) is 11.2 Å². The van der Waals surface area contributed by atoms with Crippen molar-refractivity contribution >= 4 is 5.91 Å². The molecule has 1 amide bonds. The second-order valence-electron chi connectivity index (χ2n) is 6.86. The minimum absolute atomic E-state index is 0.0512. The summed E-state index contributed by atoms with van der Waals surface area (Å²) in [6.07, 6.45) is 3.51. The van der Waals surface area contributed by atoms with Crippen LogP contribution in [0.4, 0.5) is 4.39 Å². The van der Waals surface area contributed by atoms with Gasteiger partial charge in [-0.05, 0) is 37.0 Å². The fourth-order valence-electron chi connectivity index (χ4n) is 2.50. The van der Waals surface area contributed by atoms with Gasteiger partial charge >= 0.3 is 6.08 Å². The molecule has 2 aromatic rings. The van der Waals surface area contributed by atoms with Gasteiger partial charge in [0.25, 0.3) is 5.91 Å². The smallest absolute Gasteiger partial charge is 0.417 e. The van der Waals surface area contributed by atoms with E-state index < -0.39 is 0 Å². The maximum Gasteiger partial charge on any atom is 0.417 e. The van der Waals surface area contributed by atoms with Crippen LogP contribution in [-0.4, -0.2) is 28.7 Å². The van der Waals surface area contributed by atoms with Crippen molar-refractivity contribution in [2.75, 3.05) is 6.61 Å². The Balaban J connectivity index is 1.71. The summed E-state index contributed by atoms with van der Waals surface area (Å²) in [6.45, 7) is 6.18. The monoisotopic (exact) mass is 363 g/mol. The molecular formula is C19H26FN3O3. The highest BCUT2D eigenvalue weighted by molar-refractivity contribution is 5.77. The zero-order chi connectivity index (χ0) is 18.9. The zero-order valence-corrected chi connectivity index (χ0v) is 15.5. The molecule has 0 aliphatic rings. The molecule has 26 heavy (non-hydrogen) atoms. The molecule has 1 heterocycles. The SMILES string of the molecule is CC(C)CCCC(C)NC(=O)COc1nc(Cc2ccc(F)cc2)no1. The van der Waals surface area contributed by atoms with Gasteiger partial charge in [-0.2, -0.15) is 4.98 Å². The van der Waals surface area contributed by atoms with Gasteiger partial charge in [0.2, 0.25) is 0 Å². The van der Waals surface area contributed by atoms with Gasteiger partial charge in [-0.25, -0.2) is 4.39 Å². The number of hydrogen-bond donors (Lipinski definition) is 1. The van der Waals surface area contributed by atoms with Gasteiger partial charge in [-0.15, -0.1) is 0 Å². The molecule has 1 aromatic heterocycles. The van der Waals surface area contributed by atoms with Crippen LogP contribution in [0.2, 0.25) is 0 Å². The van der Waals surface area contributed by atoms with Crippen molar-refractivity contribution < 1.29 is 18.4 Å². The fraction of sp³-hybridized carbons (Fsp3) is 0.526. The van der Waals surface area contributed by atoms with E-state index in [9.17, 15) is 9.18 Å². The van der Waals surface area contributed by atoms with Crippen LogP contribution in [0.25, 0.3) is 0 Å². The van der Waals surface area contributed by atoms with Crippen LogP contribution in [0.15, 0.2) is 28.8 Å². The van der Waals surface area contributed by atoms with E-state index in [-0.39, 0.29) is 30.4 Å². The van der Waals surface area contributed by atoms with E-state index in [4.69, 9.17) is 9.26 Å². The number of benzene rings is 1. The Kier molecular flexibility index (Phi) is 7.56. The lowest BCUT2D eigenvalue weighted by atomic mass is 10.0. The molecule has 0 saturated heterocycles. The molecule has 0 radical (unpaired) electrons. The third-order valence-corrected chi connectivity index (χ3v) is 3.88. The topological polar surface area (TPSA) is 77.2 Å². The van der Waals surface area contributed by atoms with Crippen LogP contribution in [0.3, 0.4) is 0 Å². The maximum atomic E-state index is 12.9. The quantitative estimate of drug-likeness (QED) is 0.699. The van der Waals surface area contributed by atoms with Gasteiger partial charge in [-0.3, -0.25) is 9.32 Å². The largest absolute Gasteiger partial charge is 0.439 e. The Morgan fingerprint density at radius 1 is 1.23 bits per heavy atom. The van der Waals surface area contributed by atoms with Crippen molar-refractivity contribution in [2.45, 2.75) is 52.5 Å².